The summed E-state index contributed by atoms with van der Waals surface area (Å²) in [7, 11) is 1.65. The number of amides is 1. The molecule has 1 aromatic rings. The molecule has 1 N–H and O–H groups in total. The standard InChI is InChI=1S/C14H25N5O2/c1-4-11(5-2)18(6-7-21-3)14(20)13-10-19(17-16-13)12-8-15-9-12/h10-12,15H,4-9H2,1-3H3. The van der Waals surface area contributed by atoms with Gasteiger partial charge in [0.25, 0.3) is 5.91 Å². The fourth-order valence-electron chi connectivity index (χ4n) is 2.53. The van der Waals surface area contributed by atoms with E-state index in [2.05, 4.69) is 29.5 Å². The Morgan fingerprint density at radius 3 is 2.76 bits per heavy atom. The van der Waals surface area contributed by atoms with Crippen molar-refractivity contribution in [1.29, 1.82) is 0 Å². The number of rotatable bonds is 8. The number of hydrogen-bond acceptors (Lipinski definition) is 5. The van der Waals surface area contributed by atoms with E-state index in [1.54, 1.807) is 18.0 Å². The zero-order valence-corrected chi connectivity index (χ0v) is 13.1. The van der Waals surface area contributed by atoms with Gasteiger partial charge in [-0.15, -0.1) is 5.10 Å². The molecule has 0 spiro atoms. The maximum absolute atomic E-state index is 12.7. The van der Waals surface area contributed by atoms with Crippen molar-refractivity contribution in [3.63, 3.8) is 0 Å². The van der Waals surface area contributed by atoms with Crippen molar-refractivity contribution in [2.45, 2.75) is 38.8 Å². The molecule has 0 radical (unpaired) electrons. The Bertz CT molecular complexity index is 454. The van der Waals surface area contributed by atoms with Crippen molar-refractivity contribution in [1.82, 2.24) is 25.2 Å². The van der Waals surface area contributed by atoms with Crippen molar-refractivity contribution in [2.75, 3.05) is 33.4 Å². The highest BCUT2D eigenvalue weighted by atomic mass is 16.5. The fraction of sp³-hybridized carbons (Fsp3) is 0.786. The summed E-state index contributed by atoms with van der Waals surface area (Å²) in [5, 5.41) is 11.3. The van der Waals surface area contributed by atoms with E-state index in [1.165, 1.54) is 0 Å². The molecule has 2 heterocycles. The lowest BCUT2D eigenvalue weighted by Gasteiger charge is -2.29. The van der Waals surface area contributed by atoms with Gasteiger partial charge in [-0.2, -0.15) is 0 Å². The van der Waals surface area contributed by atoms with Crippen LogP contribution in [0.25, 0.3) is 0 Å². The number of hydrogen-bond donors (Lipinski definition) is 1. The molecule has 21 heavy (non-hydrogen) atoms. The summed E-state index contributed by atoms with van der Waals surface area (Å²) in [4.78, 5) is 14.5. The molecule has 2 rings (SSSR count). The summed E-state index contributed by atoms with van der Waals surface area (Å²) in [6, 6.07) is 0.530. The Kier molecular flexibility index (Phi) is 5.69. The Balaban J connectivity index is 2.10. The first-order valence-corrected chi connectivity index (χ1v) is 7.63. The second-order valence-corrected chi connectivity index (χ2v) is 5.36. The van der Waals surface area contributed by atoms with Crippen molar-refractivity contribution in [2.24, 2.45) is 0 Å². The third-order valence-electron chi connectivity index (χ3n) is 4.04. The molecular formula is C14H25N5O2. The molecule has 0 unspecified atom stereocenters. The van der Waals surface area contributed by atoms with Crippen LogP contribution in [0.15, 0.2) is 6.20 Å². The van der Waals surface area contributed by atoms with E-state index in [0.717, 1.165) is 25.9 Å². The average Bonchev–Trinajstić information content (AvgIpc) is 2.90. The van der Waals surface area contributed by atoms with Crippen LogP contribution in [0, 0.1) is 0 Å². The summed E-state index contributed by atoms with van der Waals surface area (Å²) in [5.74, 6) is -0.0562. The molecule has 1 aromatic heterocycles. The van der Waals surface area contributed by atoms with Gasteiger partial charge in [-0.3, -0.25) is 4.79 Å². The predicted molar refractivity (Wildman–Crippen MR) is 79.2 cm³/mol. The molecule has 1 amide bonds. The third kappa shape index (κ3) is 3.59. The first kappa shape index (κ1) is 15.9. The molecule has 0 bridgehead atoms. The van der Waals surface area contributed by atoms with Gasteiger partial charge in [-0.25, -0.2) is 4.68 Å². The predicted octanol–water partition coefficient (Wildman–Crippen LogP) is 0.700. The van der Waals surface area contributed by atoms with Crippen molar-refractivity contribution < 1.29 is 9.53 Å². The van der Waals surface area contributed by atoms with Crippen LogP contribution in [-0.2, 0) is 4.74 Å². The number of carbonyl (C=O) groups excluding carboxylic acids is 1. The monoisotopic (exact) mass is 295 g/mol. The highest BCUT2D eigenvalue weighted by molar-refractivity contribution is 5.92. The van der Waals surface area contributed by atoms with Crippen LogP contribution in [-0.4, -0.2) is 65.2 Å². The molecule has 0 aliphatic carbocycles. The lowest BCUT2D eigenvalue weighted by molar-refractivity contribution is 0.0583. The second-order valence-electron chi connectivity index (χ2n) is 5.36. The lowest BCUT2D eigenvalue weighted by atomic mass is 10.1. The molecule has 118 valence electrons. The first-order chi connectivity index (χ1) is 10.2. The molecule has 0 aromatic carbocycles. The van der Waals surface area contributed by atoms with E-state index in [-0.39, 0.29) is 11.9 Å². The van der Waals surface area contributed by atoms with Crippen LogP contribution in [0.1, 0.15) is 43.2 Å². The van der Waals surface area contributed by atoms with E-state index in [4.69, 9.17) is 4.74 Å². The largest absolute Gasteiger partial charge is 0.383 e. The quantitative estimate of drug-likeness (QED) is 0.764. The Hall–Kier alpha value is -1.47. The number of methoxy groups -OCH3 is 1. The van der Waals surface area contributed by atoms with Gasteiger partial charge in [-0.1, -0.05) is 19.1 Å². The number of aromatic nitrogens is 3. The molecule has 7 nitrogen and oxygen atoms in total. The minimum atomic E-state index is -0.0562. The third-order valence-corrected chi connectivity index (χ3v) is 4.04. The molecule has 1 aliphatic rings. The lowest BCUT2D eigenvalue weighted by Crippen LogP contribution is -2.43. The van der Waals surface area contributed by atoms with E-state index >= 15 is 0 Å². The number of nitrogens with one attached hydrogen (secondary N) is 1. The Morgan fingerprint density at radius 1 is 1.52 bits per heavy atom. The smallest absolute Gasteiger partial charge is 0.276 e. The van der Waals surface area contributed by atoms with Crippen molar-refractivity contribution >= 4 is 5.91 Å². The maximum Gasteiger partial charge on any atom is 0.276 e. The summed E-state index contributed by atoms with van der Waals surface area (Å²) in [6.07, 6.45) is 3.61. The Labute approximate surface area is 125 Å². The molecule has 1 aliphatic heterocycles. The van der Waals surface area contributed by atoms with Gasteiger partial charge in [-0.05, 0) is 12.8 Å². The van der Waals surface area contributed by atoms with Crippen LogP contribution in [0.3, 0.4) is 0 Å². The summed E-state index contributed by atoms with van der Waals surface area (Å²) >= 11 is 0. The summed E-state index contributed by atoms with van der Waals surface area (Å²) in [6.45, 7) is 7.08. The topological polar surface area (TPSA) is 72.3 Å². The van der Waals surface area contributed by atoms with Crippen LogP contribution < -0.4 is 5.32 Å². The summed E-state index contributed by atoms with van der Waals surface area (Å²) in [5.41, 5.74) is 0.421. The van der Waals surface area contributed by atoms with Gasteiger partial charge in [0.1, 0.15) is 0 Å². The van der Waals surface area contributed by atoms with Gasteiger partial charge in [0.2, 0.25) is 0 Å². The van der Waals surface area contributed by atoms with E-state index < -0.39 is 0 Å². The summed E-state index contributed by atoms with van der Waals surface area (Å²) < 4.78 is 6.91. The van der Waals surface area contributed by atoms with Crippen LogP contribution in [0.4, 0.5) is 0 Å². The molecule has 1 saturated heterocycles. The van der Waals surface area contributed by atoms with Gasteiger partial charge >= 0.3 is 0 Å². The van der Waals surface area contributed by atoms with E-state index in [9.17, 15) is 4.79 Å². The van der Waals surface area contributed by atoms with Gasteiger partial charge in [0.05, 0.1) is 18.8 Å². The number of nitrogens with zero attached hydrogens (tertiary/aromatic N) is 4. The number of ether oxygens (including phenoxy) is 1. The minimum Gasteiger partial charge on any atom is -0.383 e. The molecule has 0 saturated carbocycles. The molecule has 0 atom stereocenters. The Morgan fingerprint density at radius 2 is 2.24 bits per heavy atom. The zero-order valence-electron chi connectivity index (χ0n) is 13.1. The average molecular weight is 295 g/mol. The van der Waals surface area contributed by atoms with E-state index in [1.807, 2.05) is 4.90 Å². The molecule has 7 heteroatoms. The highest BCUT2D eigenvalue weighted by Crippen LogP contribution is 2.14. The van der Waals surface area contributed by atoms with Crippen molar-refractivity contribution in [3.05, 3.63) is 11.9 Å². The van der Waals surface area contributed by atoms with E-state index in [0.29, 0.717) is 24.9 Å². The first-order valence-electron chi connectivity index (χ1n) is 7.63. The zero-order chi connectivity index (χ0) is 15.2. The molecular weight excluding hydrogens is 270 g/mol. The maximum atomic E-state index is 12.7. The van der Waals surface area contributed by atoms with Crippen molar-refractivity contribution in [3.8, 4) is 0 Å². The van der Waals surface area contributed by atoms with Crippen LogP contribution in [0.5, 0.6) is 0 Å². The van der Waals surface area contributed by atoms with Gasteiger partial charge in [0, 0.05) is 32.8 Å². The SMILES string of the molecule is CCC(CC)N(CCOC)C(=O)c1cn(C2CNC2)nn1. The number of carbonyl (C=O) groups is 1. The van der Waals surface area contributed by atoms with Gasteiger partial charge in [0.15, 0.2) is 5.69 Å². The fourth-order valence-corrected chi connectivity index (χ4v) is 2.53. The highest BCUT2D eigenvalue weighted by Gasteiger charge is 2.26. The normalized spacial score (nSPS) is 15.2. The minimum absolute atomic E-state index is 0.0562. The van der Waals surface area contributed by atoms with Crippen LogP contribution in [0.2, 0.25) is 0 Å². The van der Waals surface area contributed by atoms with Crippen LogP contribution >= 0.6 is 0 Å². The second kappa shape index (κ2) is 7.51. The van der Waals surface area contributed by atoms with Gasteiger partial charge < -0.3 is 15.0 Å². The molecule has 1 fully saturated rings.